The molecule has 10 heteroatoms. The lowest BCUT2D eigenvalue weighted by Gasteiger charge is -2.34. The number of aliphatic carboxylic acids is 1. The van der Waals surface area contributed by atoms with Gasteiger partial charge in [0.05, 0.1) is 43.7 Å². The number of carbonyl (C=O) groups is 1. The number of hydrazone groups is 1. The minimum Gasteiger partial charge on any atom is -0.480 e. The average molecular weight is 511 g/mol. The molecule has 0 saturated carbocycles. The van der Waals surface area contributed by atoms with Gasteiger partial charge in [0.15, 0.2) is 0 Å². The zero-order valence-corrected chi connectivity index (χ0v) is 21.0. The van der Waals surface area contributed by atoms with Gasteiger partial charge in [-0.25, -0.2) is 4.39 Å². The van der Waals surface area contributed by atoms with Crippen molar-refractivity contribution in [3.05, 3.63) is 65.5 Å². The number of nitrogens with one attached hydrogen (secondary N) is 1. The van der Waals surface area contributed by atoms with Crippen LogP contribution in [0.5, 0.6) is 0 Å². The quantitative estimate of drug-likeness (QED) is 0.522. The van der Waals surface area contributed by atoms with E-state index in [1.165, 1.54) is 11.6 Å². The second-order valence-corrected chi connectivity index (χ2v) is 9.92. The minimum absolute atomic E-state index is 0.111. The summed E-state index contributed by atoms with van der Waals surface area (Å²) in [7, 11) is 0. The topological polar surface area (TPSA) is 83.9 Å². The van der Waals surface area contributed by atoms with Gasteiger partial charge in [0, 0.05) is 45.8 Å². The maximum absolute atomic E-state index is 14.0. The Balaban J connectivity index is 1.05. The maximum Gasteiger partial charge on any atom is 0.317 e. The van der Waals surface area contributed by atoms with Crippen LogP contribution >= 0.6 is 0 Å². The predicted octanol–water partition coefficient (Wildman–Crippen LogP) is 2.02. The molecule has 2 aromatic rings. The minimum atomic E-state index is -0.767. The Bertz CT molecular complexity index is 1070. The molecule has 2 atom stereocenters. The Morgan fingerprint density at radius 3 is 2.41 bits per heavy atom. The largest absolute Gasteiger partial charge is 0.480 e. The van der Waals surface area contributed by atoms with E-state index in [0.717, 1.165) is 70.9 Å². The molecule has 0 radical (unpaired) electrons. The predicted molar refractivity (Wildman–Crippen MR) is 140 cm³/mol. The Labute approximate surface area is 217 Å². The van der Waals surface area contributed by atoms with Crippen LogP contribution in [0.3, 0.4) is 0 Å². The third kappa shape index (κ3) is 6.84. The third-order valence-electron chi connectivity index (χ3n) is 7.32. The first kappa shape index (κ1) is 25.6. The number of nitrogens with zero attached hydrogens (tertiary/aromatic N) is 5. The molecule has 3 aliphatic heterocycles. The number of hydrogen-bond acceptors (Lipinski definition) is 8. The van der Waals surface area contributed by atoms with Gasteiger partial charge in [-0.1, -0.05) is 36.4 Å². The summed E-state index contributed by atoms with van der Waals surface area (Å²) in [5, 5.41) is 15.6. The Kier molecular flexibility index (Phi) is 8.30. The summed E-state index contributed by atoms with van der Waals surface area (Å²) in [6, 6.07) is 15.4. The van der Waals surface area contributed by atoms with Crippen molar-refractivity contribution >= 4 is 17.9 Å². The molecule has 0 spiro atoms. The molecule has 0 amide bonds. The molecule has 0 aliphatic carbocycles. The SMILES string of the molecule is O=C(O)CN1CCN(CC2CC(c3ccc(C=NN4CCN(c5ccccc5F)CC4)cc3)NO2)CC1. The highest BCUT2D eigenvalue weighted by Crippen LogP contribution is 2.26. The van der Waals surface area contributed by atoms with Crippen molar-refractivity contribution in [1.82, 2.24) is 20.3 Å². The number of carboxylic acids is 1. The van der Waals surface area contributed by atoms with E-state index in [2.05, 4.69) is 44.6 Å². The second-order valence-electron chi connectivity index (χ2n) is 9.92. The molecule has 2 aromatic carbocycles. The van der Waals surface area contributed by atoms with E-state index in [0.29, 0.717) is 5.69 Å². The van der Waals surface area contributed by atoms with Crippen molar-refractivity contribution in [2.24, 2.45) is 5.10 Å². The fraction of sp³-hybridized carbons (Fsp3) is 0.481. The fourth-order valence-corrected chi connectivity index (χ4v) is 5.19. The van der Waals surface area contributed by atoms with Gasteiger partial charge in [0.1, 0.15) is 5.82 Å². The van der Waals surface area contributed by atoms with Gasteiger partial charge < -0.3 is 10.0 Å². The highest BCUT2D eigenvalue weighted by molar-refractivity contribution is 5.79. The van der Waals surface area contributed by atoms with Crippen molar-refractivity contribution < 1.29 is 19.1 Å². The van der Waals surface area contributed by atoms with Crippen molar-refractivity contribution in [3.8, 4) is 0 Å². The first-order valence-corrected chi connectivity index (χ1v) is 13.0. The summed E-state index contributed by atoms with van der Waals surface area (Å²) in [5.41, 5.74) is 6.06. The van der Waals surface area contributed by atoms with Gasteiger partial charge in [-0.05, 0) is 29.7 Å². The molecule has 9 nitrogen and oxygen atoms in total. The number of hydroxylamine groups is 1. The average Bonchev–Trinajstić information content (AvgIpc) is 3.38. The zero-order valence-electron chi connectivity index (χ0n) is 21.0. The first-order chi connectivity index (χ1) is 18.0. The highest BCUT2D eigenvalue weighted by Gasteiger charge is 2.29. The lowest BCUT2D eigenvalue weighted by Crippen LogP contribution is -2.49. The molecule has 2 unspecified atom stereocenters. The Hall–Kier alpha value is -3.05. The molecule has 0 aromatic heterocycles. The van der Waals surface area contributed by atoms with Gasteiger partial charge in [-0.15, -0.1) is 0 Å². The molecule has 37 heavy (non-hydrogen) atoms. The van der Waals surface area contributed by atoms with E-state index in [9.17, 15) is 9.18 Å². The summed E-state index contributed by atoms with van der Waals surface area (Å²) in [5.74, 6) is -0.944. The molecule has 3 fully saturated rings. The number of benzene rings is 2. The summed E-state index contributed by atoms with van der Waals surface area (Å²) in [6.07, 6.45) is 2.89. The van der Waals surface area contributed by atoms with Crippen LogP contribution in [-0.2, 0) is 9.63 Å². The fourth-order valence-electron chi connectivity index (χ4n) is 5.19. The lowest BCUT2D eigenvalue weighted by molar-refractivity contribution is -0.138. The van der Waals surface area contributed by atoms with Gasteiger partial charge in [-0.3, -0.25) is 24.4 Å². The number of halogens is 1. The molecular weight excluding hydrogens is 475 g/mol. The Morgan fingerprint density at radius 2 is 1.70 bits per heavy atom. The van der Waals surface area contributed by atoms with E-state index in [4.69, 9.17) is 9.94 Å². The molecule has 3 saturated heterocycles. The highest BCUT2D eigenvalue weighted by atomic mass is 19.1. The van der Waals surface area contributed by atoms with Crippen LogP contribution in [0.4, 0.5) is 10.1 Å². The summed E-state index contributed by atoms with van der Waals surface area (Å²) in [6.45, 7) is 7.23. The van der Waals surface area contributed by atoms with Crippen molar-refractivity contribution in [2.45, 2.75) is 18.6 Å². The van der Waals surface area contributed by atoms with Gasteiger partial charge >= 0.3 is 5.97 Å². The molecular formula is C27H35FN6O3. The van der Waals surface area contributed by atoms with Crippen LogP contribution < -0.4 is 10.4 Å². The first-order valence-electron chi connectivity index (χ1n) is 13.0. The van der Waals surface area contributed by atoms with E-state index < -0.39 is 5.97 Å². The van der Waals surface area contributed by atoms with Crippen LogP contribution in [0.1, 0.15) is 23.6 Å². The van der Waals surface area contributed by atoms with Crippen LogP contribution in [0.25, 0.3) is 0 Å². The maximum atomic E-state index is 14.0. The number of anilines is 1. The Morgan fingerprint density at radius 1 is 1.00 bits per heavy atom. The van der Waals surface area contributed by atoms with E-state index in [1.54, 1.807) is 6.07 Å². The molecule has 3 heterocycles. The van der Waals surface area contributed by atoms with Crippen LogP contribution in [0.2, 0.25) is 0 Å². The van der Waals surface area contributed by atoms with Crippen molar-refractivity contribution in [3.63, 3.8) is 0 Å². The van der Waals surface area contributed by atoms with Gasteiger partial charge in [-0.2, -0.15) is 10.6 Å². The number of para-hydroxylation sites is 1. The number of rotatable bonds is 8. The van der Waals surface area contributed by atoms with E-state index >= 15 is 0 Å². The third-order valence-corrected chi connectivity index (χ3v) is 7.32. The van der Waals surface area contributed by atoms with Crippen molar-refractivity contribution in [2.75, 3.05) is 70.3 Å². The van der Waals surface area contributed by atoms with E-state index in [-0.39, 0.29) is 24.5 Å². The smallest absolute Gasteiger partial charge is 0.317 e. The van der Waals surface area contributed by atoms with Crippen LogP contribution in [-0.4, -0.2) is 104 Å². The standard InChI is InChI=1S/C27H35FN6O3/c28-24-3-1-2-4-26(24)33-13-15-34(16-14-33)29-18-21-5-7-22(8-6-21)25-17-23(37-30-25)19-31-9-11-32(12-10-31)20-27(35)36/h1-8,18,23,25,30H,9-17,19-20H2,(H,35,36). The molecule has 0 bridgehead atoms. The van der Waals surface area contributed by atoms with Crippen LogP contribution in [0, 0.1) is 5.82 Å². The number of hydrogen-bond donors (Lipinski definition) is 2. The molecule has 5 rings (SSSR count). The van der Waals surface area contributed by atoms with E-state index in [1.807, 2.05) is 28.3 Å². The van der Waals surface area contributed by atoms with Gasteiger partial charge in [0.25, 0.3) is 0 Å². The monoisotopic (exact) mass is 510 g/mol. The second kappa shape index (κ2) is 12.0. The lowest BCUT2D eigenvalue weighted by atomic mass is 10.0. The number of carboxylic acid groups (broad SMARTS) is 1. The van der Waals surface area contributed by atoms with Gasteiger partial charge in [0.2, 0.25) is 0 Å². The molecule has 3 aliphatic rings. The number of piperazine rings is 2. The summed E-state index contributed by atoms with van der Waals surface area (Å²) < 4.78 is 14.0. The summed E-state index contributed by atoms with van der Waals surface area (Å²) >= 11 is 0. The summed E-state index contributed by atoms with van der Waals surface area (Å²) in [4.78, 5) is 23.1. The zero-order chi connectivity index (χ0) is 25.6. The molecule has 2 N–H and O–H groups in total. The van der Waals surface area contributed by atoms with Crippen LogP contribution in [0.15, 0.2) is 53.6 Å². The van der Waals surface area contributed by atoms with Crippen molar-refractivity contribution in [1.29, 1.82) is 0 Å². The molecule has 198 valence electrons. The normalized spacial score (nSPS) is 23.7.